The van der Waals surface area contributed by atoms with Gasteiger partial charge in [0.15, 0.2) is 0 Å². The lowest BCUT2D eigenvalue weighted by molar-refractivity contribution is -0.138. The van der Waals surface area contributed by atoms with E-state index in [2.05, 4.69) is 18.7 Å². The number of carbonyl (C=O) groups is 2. The number of piperidine rings is 1. The third-order valence-corrected chi connectivity index (χ3v) is 6.41. The Labute approximate surface area is 184 Å². The van der Waals surface area contributed by atoms with Gasteiger partial charge in [-0.15, -0.1) is 0 Å². The highest BCUT2D eigenvalue weighted by molar-refractivity contribution is 6.35. The highest BCUT2D eigenvalue weighted by atomic mass is 16.5. The largest absolute Gasteiger partial charge is 0.497 e. The van der Waals surface area contributed by atoms with Crippen molar-refractivity contribution in [3.8, 4) is 5.75 Å². The van der Waals surface area contributed by atoms with Gasteiger partial charge in [-0.2, -0.15) is 0 Å². The van der Waals surface area contributed by atoms with Crippen molar-refractivity contribution in [2.75, 3.05) is 20.2 Å². The number of ether oxygens (including phenoxy) is 1. The van der Waals surface area contributed by atoms with Gasteiger partial charge in [0.25, 0.3) is 11.8 Å². The van der Waals surface area contributed by atoms with Crippen LogP contribution in [0.2, 0.25) is 0 Å². The zero-order chi connectivity index (χ0) is 22.1. The molecule has 162 valence electrons. The van der Waals surface area contributed by atoms with Gasteiger partial charge in [-0.25, -0.2) is 0 Å². The minimum absolute atomic E-state index is 0.192. The SMILES string of the molecule is COc1ccc(CN2C(=O)C(c3ccc(C)c(C)c3)=C(N3CCCC(C)C3)C2=O)cc1. The number of amides is 2. The zero-order valence-corrected chi connectivity index (χ0v) is 18.8. The Bertz CT molecular complexity index is 1040. The summed E-state index contributed by atoms with van der Waals surface area (Å²) in [6.45, 7) is 8.17. The van der Waals surface area contributed by atoms with Crippen LogP contribution in [-0.4, -0.2) is 41.8 Å². The van der Waals surface area contributed by atoms with E-state index in [-0.39, 0.29) is 18.4 Å². The maximum atomic E-state index is 13.6. The lowest BCUT2D eigenvalue weighted by atomic mass is 9.96. The molecular formula is C26H30N2O3. The van der Waals surface area contributed by atoms with Crippen LogP contribution in [0, 0.1) is 19.8 Å². The second-order valence-electron chi connectivity index (χ2n) is 8.76. The van der Waals surface area contributed by atoms with Crippen LogP contribution in [0.3, 0.4) is 0 Å². The third-order valence-electron chi connectivity index (χ3n) is 6.41. The maximum absolute atomic E-state index is 13.6. The molecule has 0 spiro atoms. The number of methoxy groups -OCH3 is 1. The fourth-order valence-electron chi connectivity index (χ4n) is 4.46. The van der Waals surface area contributed by atoms with E-state index in [1.165, 1.54) is 10.5 Å². The minimum Gasteiger partial charge on any atom is -0.497 e. The van der Waals surface area contributed by atoms with Crippen LogP contribution in [0.25, 0.3) is 5.57 Å². The number of hydrogen-bond donors (Lipinski definition) is 0. The molecule has 0 N–H and O–H groups in total. The van der Waals surface area contributed by atoms with Gasteiger partial charge in [0, 0.05) is 13.1 Å². The average molecular weight is 419 g/mol. The molecule has 2 aliphatic rings. The number of nitrogens with zero attached hydrogens (tertiary/aromatic N) is 2. The molecule has 4 rings (SSSR count). The molecule has 0 aromatic heterocycles. The van der Waals surface area contributed by atoms with E-state index in [1.54, 1.807) is 7.11 Å². The summed E-state index contributed by atoms with van der Waals surface area (Å²) in [7, 11) is 1.62. The van der Waals surface area contributed by atoms with Crippen LogP contribution in [0.5, 0.6) is 5.75 Å². The number of benzene rings is 2. The molecule has 0 saturated carbocycles. The molecule has 1 atom stereocenters. The quantitative estimate of drug-likeness (QED) is 0.679. The summed E-state index contributed by atoms with van der Waals surface area (Å²) in [6.07, 6.45) is 2.19. The zero-order valence-electron chi connectivity index (χ0n) is 18.8. The van der Waals surface area contributed by atoms with Crippen molar-refractivity contribution in [1.82, 2.24) is 9.80 Å². The van der Waals surface area contributed by atoms with Crippen LogP contribution in [0.4, 0.5) is 0 Å². The Morgan fingerprint density at radius 2 is 1.74 bits per heavy atom. The fraction of sp³-hybridized carbons (Fsp3) is 0.385. The van der Waals surface area contributed by atoms with Gasteiger partial charge in [-0.1, -0.05) is 37.3 Å². The fourth-order valence-corrected chi connectivity index (χ4v) is 4.46. The van der Waals surface area contributed by atoms with Crippen LogP contribution in [0.1, 0.15) is 42.0 Å². The number of rotatable bonds is 5. The lowest BCUT2D eigenvalue weighted by Gasteiger charge is -2.33. The molecular weight excluding hydrogens is 388 g/mol. The van der Waals surface area contributed by atoms with Crippen molar-refractivity contribution in [1.29, 1.82) is 0 Å². The van der Waals surface area contributed by atoms with Crippen LogP contribution in [-0.2, 0) is 16.1 Å². The summed E-state index contributed by atoms with van der Waals surface area (Å²) >= 11 is 0. The predicted molar refractivity (Wildman–Crippen MR) is 121 cm³/mol. The second kappa shape index (κ2) is 8.58. The van der Waals surface area contributed by atoms with Gasteiger partial charge in [0.05, 0.1) is 19.2 Å². The van der Waals surface area contributed by atoms with Gasteiger partial charge in [-0.3, -0.25) is 14.5 Å². The topological polar surface area (TPSA) is 49.9 Å². The molecule has 2 amide bonds. The van der Waals surface area contributed by atoms with Crippen molar-refractivity contribution in [2.45, 2.75) is 40.2 Å². The Hall–Kier alpha value is -3.08. The first-order chi connectivity index (χ1) is 14.9. The van der Waals surface area contributed by atoms with Crippen molar-refractivity contribution in [3.63, 3.8) is 0 Å². The summed E-state index contributed by atoms with van der Waals surface area (Å²) in [5.74, 6) is 0.848. The van der Waals surface area contributed by atoms with E-state index < -0.39 is 0 Å². The highest BCUT2D eigenvalue weighted by Crippen LogP contribution is 2.35. The van der Waals surface area contributed by atoms with Gasteiger partial charge < -0.3 is 9.64 Å². The van der Waals surface area contributed by atoms with Crippen molar-refractivity contribution < 1.29 is 14.3 Å². The Balaban J connectivity index is 1.73. The van der Waals surface area contributed by atoms with E-state index >= 15 is 0 Å². The number of likely N-dealkylation sites (tertiary alicyclic amines) is 1. The molecule has 1 unspecified atom stereocenters. The number of aryl methyl sites for hydroxylation is 2. The van der Waals surface area contributed by atoms with Gasteiger partial charge in [-0.05, 0) is 67.0 Å². The number of carbonyl (C=O) groups excluding carboxylic acids is 2. The first kappa shape index (κ1) is 21.2. The highest BCUT2D eigenvalue weighted by Gasteiger charge is 2.42. The summed E-state index contributed by atoms with van der Waals surface area (Å²) in [5, 5.41) is 0. The standard InChI is InChI=1S/C26H30N2O3/c1-17-6-5-13-27(15-17)24-23(21-10-7-18(2)19(3)14-21)25(29)28(26(24)30)16-20-8-11-22(31-4)12-9-20/h7-12,14,17H,5-6,13,15-16H2,1-4H3. The minimum atomic E-state index is -0.211. The van der Waals surface area contributed by atoms with E-state index in [0.717, 1.165) is 48.4 Å². The summed E-state index contributed by atoms with van der Waals surface area (Å²) < 4.78 is 5.22. The molecule has 0 bridgehead atoms. The van der Waals surface area contributed by atoms with E-state index in [1.807, 2.05) is 49.4 Å². The second-order valence-corrected chi connectivity index (χ2v) is 8.76. The molecule has 0 aliphatic carbocycles. The molecule has 1 saturated heterocycles. The Kier molecular flexibility index (Phi) is 5.86. The molecule has 1 fully saturated rings. The number of imide groups is 1. The normalized spacial score (nSPS) is 19.4. The number of hydrogen-bond acceptors (Lipinski definition) is 4. The van der Waals surface area contributed by atoms with E-state index in [9.17, 15) is 9.59 Å². The van der Waals surface area contributed by atoms with Crippen LogP contribution >= 0.6 is 0 Å². The van der Waals surface area contributed by atoms with Crippen LogP contribution < -0.4 is 4.74 Å². The predicted octanol–water partition coefficient (Wildman–Crippen LogP) is 4.32. The molecule has 31 heavy (non-hydrogen) atoms. The smallest absolute Gasteiger partial charge is 0.278 e. The molecule has 2 aromatic carbocycles. The monoisotopic (exact) mass is 418 g/mol. The van der Waals surface area contributed by atoms with E-state index in [0.29, 0.717) is 17.2 Å². The van der Waals surface area contributed by atoms with Crippen LogP contribution in [0.15, 0.2) is 48.2 Å². The first-order valence-corrected chi connectivity index (χ1v) is 10.9. The third kappa shape index (κ3) is 4.09. The Morgan fingerprint density at radius 3 is 2.39 bits per heavy atom. The van der Waals surface area contributed by atoms with Gasteiger partial charge in [0.1, 0.15) is 11.4 Å². The van der Waals surface area contributed by atoms with Gasteiger partial charge in [0.2, 0.25) is 0 Å². The van der Waals surface area contributed by atoms with Gasteiger partial charge >= 0.3 is 0 Å². The Morgan fingerprint density at radius 1 is 1.00 bits per heavy atom. The van der Waals surface area contributed by atoms with Crippen molar-refractivity contribution in [2.24, 2.45) is 5.92 Å². The molecule has 0 radical (unpaired) electrons. The molecule has 2 aliphatic heterocycles. The summed E-state index contributed by atoms with van der Waals surface area (Å²) in [6, 6.07) is 13.5. The molecule has 2 aromatic rings. The van der Waals surface area contributed by atoms with Crippen molar-refractivity contribution in [3.05, 3.63) is 70.4 Å². The summed E-state index contributed by atoms with van der Waals surface area (Å²) in [4.78, 5) is 30.7. The average Bonchev–Trinajstić information content (AvgIpc) is 3.01. The van der Waals surface area contributed by atoms with Crippen molar-refractivity contribution >= 4 is 17.4 Å². The molecule has 5 heteroatoms. The molecule has 5 nitrogen and oxygen atoms in total. The summed E-state index contributed by atoms with van der Waals surface area (Å²) in [5.41, 5.74) is 5.11. The maximum Gasteiger partial charge on any atom is 0.278 e. The first-order valence-electron chi connectivity index (χ1n) is 10.9. The molecule has 2 heterocycles. The van der Waals surface area contributed by atoms with E-state index in [4.69, 9.17) is 4.74 Å². The lowest BCUT2D eigenvalue weighted by Crippen LogP contribution is -2.39.